The second-order valence-corrected chi connectivity index (χ2v) is 8.11. The van der Waals surface area contributed by atoms with Crippen molar-refractivity contribution < 1.29 is 23.8 Å². The molecule has 1 aliphatic heterocycles. The summed E-state index contributed by atoms with van der Waals surface area (Å²) in [4.78, 5) is 32.7. The van der Waals surface area contributed by atoms with Crippen LogP contribution in [0.5, 0.6) is 5.88 Å². The number of aliphatic hydroxyl groups is 1. The van der Waals surface area contributed by atoms with E-state index in [2.05, 4.69) is 4.98 Å². The molecule has 2 aromatic rings. The zero-order valence-corrected chi connectivity index (χ0v) is 18.2. The van der Waals surface area contributed by atoms with Crippen molar-refractivity contribution >= 4 is 11.8 Å². The largest absolute Gasteiger partial charge is 0.472 e. The maximum Gasteiger partial charge on any atom is 0.259 e. The summed E-state index contributed by atoms with van der Waals surface area (Å²) in [6, 6.07) is 7.21. The fourth-order valence-corrected chi connectivity index (χ4v) is 3.52. The van der Waals surface area contributed by atoms with Gasteiger partial charge in [0.05, 0.1) is 19.2 Å². The Balaban J connectivity index is 2.05. The van der Waals surface area contributed by atoms with Gasteiger partial charge in [-0.25, -0.2) is 9.37 Å². The Morgan fingerprint density at radius 2 is 2.03 bits per heavy atom. The normalized spacial score (nSPS) is 19.7. The van der Waals surface area contributed by atoms with Crippen LogP contribution in [0.1, 0.15) is 31.1 Å². The summed E-state index contributed by atoms with van der Waals surface area (Å²) in [6.45, 7) is 5.72. The average Bonchev–Trinajstić information content (AvgIpc) is 2.75. The van der Waals surface area contributed by atoms with Gasteiger partial charge in [-0.1, -0.05) is 19.1 Å². The van der Waals surface area contributed by atoms with Gasteiger partial charge in [-0.2, -0.15) is 0 Å². The van der Waals surface area contributed by atoms with Crippen molar-refractivity contribution in [2.24, 2.45) is 5.92 Å². The highest BCUT2D eigenvalue weighted by Crippen LogP contribution is 2.30. The molecule has 1 aromatic carbocycles. The Bertz CT molecular complexity index is 950. The summed E-state index contributed by atoms with van der Waals surface area (Å²) in [6.07, 6.45) is 1.19. The third-order valence-electron chi connectivity index (χ3n) is 5.69. The van der Waals surface area contributed by atoms with E-state index < -0.39 is 12.1 Å². The highest BCUT2D eigenvalue weighted by atomic mass is 19.1. The van der Waals surface area contributed by atoms with Gasteiger partial charge in [0.25, 0.3) is 5.91 Å². The number of carbonyl (C=O) groups is 2. The third kappa shape index (κ3) is 5.02. The van der Waals surface area contributed by atoms with Crippen molar-refractivity contribution in [1.82, 2.24) is 14.8 Å². The Labute approximate surface area is 181 Å². The lowest BCUT2D eigenvalue weighted by molar-refractivity contribution is -0.129. The molecule has 3 atom stereocenters. The SMILES string of the molecule is CC(=O)N(C)C[C@H]1Oc2ncc(-c3ccc(F)cc3)cc2C(=O)N([C@H](C)CO)C[C@H]1C. The number of likely N-dealkylation sites (N-methyl/N-ethyl adjacent to an activating group) is 1. The number of fused-ring (bicyclic) bond motifs is 1. The number of carbonyl (C=O) groups excluding carboxylic acids is 2. The van der Waals surface area contributed by atoms with E-state index in [4.69, 9.17) is 4.74 Å². The van der Waals surface area contributed by atoms with Crippen molar-refractivity contribution in [2.45, 2.75) is 32.9 Å². The van der Waals surface area contributed by atoms with Gasteiger partial charge in [0.1, 0.15) is 17.5 Å². The van der Waals surface area contributed by atoms with E-state index in [9.17, 15) is 19.1 Å². The first-order valence-corrected chi connectivity index (χ1v) is 10.3. The van der Waals surface area contributed by atoms with Crippen molar-refractivity contribution in [1.29, 1.82) is 0 Å². The molecule has 1 N–H and O–H groups in total. The van der Waals surface area contributed by atoms with E-state index in [1.54, 1.807) is 48.2 Å². The lowest BCUT2D eigenvalue weighted by Gasteiger charge is -2.37. The number of rotatable bonds is 5. The minimum Gasteiger partial charge on any atom is -0.472 e. The Hall–Kier alpha value is -3.00. The average molecular weight is 429 g/mol. The molecule has 0 fully saturated rings. The number of halogens is 1. The van der Waals surface area contributed by atoms with Crippen LogP contribution < -0.4 is 4.74 Å². The van der Waals surface area contributed by atoms with Crippen LogP contribution in [0.3, 0.4) is 0 Å². The highest BCUT2D eigenvalue weighted by Gasteiger charge is 2.34. The fraction of sp³-hybridized carbons (Fsp3) is 0.435. The molecule has 31 heavy (non-hydrogen) atoms. The van der Waals surface area contributed by atoms with Gasteiger partial charge in [-0.05, 0) is 30.7 Å². The van der Waals surface area contributed by atoms with Crippen LogP contribution in [0.2, 0.25) is 0 Å². The Morgan fingerprint density at radius 1 is 1.35 bits per heavy atom. The minimum absolute atomic E-state index is 0.0886. The molecular formula is C23H28FN3O4. The number of nitrogens with zero attached hydrogens (tertiary/aromatic N) is 3. The summed E-state index contributed by atoms with van der Waals surface area (Å²) in [5.74, 6) is -0.657. The van der Waals surface area contributed by atoms with Crippen LogP contribution in [0.25, 0.3) is 11.1 Å². The first-order valence-electron chi connectivity index (χ1n) is 10.3. The highest BCUT2D eigenvalue weighted by molar-refractivity contribution is 5.98. The summed E-state index contributed by atoms with van der Waals surface area (Å²) in [5.41, 5.74) is 1.64. The molecule has 8 heteroatoms. The molecular weight excluding hydrogens is 401 g/mol. The van der Waals surface area contributed by atoms with E-state index in [0.29, 0.717) is 18.7 Å². The Kier molecular flexibility index (Phi) is 6.90. The monoisotopic (exact) mass is 429 g/mol. The van der Waals surface area contributed by atoms with Crippen LogP contribution in [0.15, 0.2) is 36.5 Å². The van der Waals surface area contributed by atoms with Crippen LogP contribution >= 0.6 is 0 Å². The van der Waals surface area contributed by atoms with Gasteiger partial charge in [-0.3, -0.25) is 9.59 Å². The lowest BCUT2D eigenvalue weighted by atomic mass is 9.99. The molecule has 166 valence electrons. The molecule has 0 radical (unpaired) electrons. The maximum atomic E-state index is 13.4. The van der Waals surface area contributed by atoms with Crippen molar-refractivity contribution in [3.63, 3.8) is 0 Å². The quantitative estimate of drug-likeness (QED) is 0.790. The summed E-state index contributed by atoms with van der Waals surface area (Å²) in [5, 5.41) is 9.71. The maximum absolute atomic E-state index is 13.4. The molecule has 0 saturated carbocycles. The van der Waals surface area contributed by atoms with Crippen LogP contribution in [0.4, 0.5) is 4.39 Å². The zero-order chi connectivity index (χ0) is 22.7. The van der Waals surface area contributed by atoms with Gasteiger partial charge in [0, 0.05) is 38.2 Å². The topological polar surface area (TPSA) is 83.0 Å². The second-order valence-electron chi connectivity index (χ2n) is 8.11. The van der Waals surface area contributed by atoms with E-state index in [1.807, 2.05) is 6.92 Å². The third-order valence-corrected chi connectivity index (χ3v) is 5.69. The molecule has 1 aromatic heterocycles. The molecule has 3 rings (SSSR count). The second kappa shape index (κ2) is 9.43. The van der Waals surface area contributed by atoms with Crippen LogP contribution in [-0.4, -0.2) is 70.6 Å². The number of aliphatic hydroxyl groups excluding tert-OH is 1. The van der Waals surface area contributed by atoms with Crippen LogP contribution in [0, 0.1) is 11.7 Å². The molecule has 0 saturated heterocycles. The molecule has 0 unspecified atom stereocenters. The van der Waals surface area contributed by atoms with Crippen molar-refractivity contribution in [3.05, 3.63) is 47.9 Å². The summed E-state index contributed by atoms with van der Waals surface area (Å²) < 4.78 is 19.4. The van der Waals surface area contributed by atoms with Crippen LogP contribution in [-0.2, 0) is 4.79 Å². The summed E-state index contributed by atoms with van der Waals surface area (Å²) >= 11 is 0. The minimum atomic E-state index is -0.401. The molecule has 0 spiro atoms. The molecule has 2 amide bonds. The van der Waals surface area contributed by atoms with Crippen molar-refractivity contribution in [3.8, 4) is 17.0 Å². The standard InChI is InChI=1S/C23H28FN3O4/c1-14-11-27(15(2)13-28)23(30)20-9-18(17-5-7-19(24)8-6-17)10-25-22(20)31-21(14)12-26(4)16(3)29/h5-10,14-15,21,28H,11-13H2,1-4H3/t14-,15-,21-/m1/s1. The van der Waals surface area contributed by atoms with E-state index >= 15 is 0 Å². The van der Waals surface area contributed by atoms with Gasteiger partial charge in [0.2, 0.25) is 11.8 Å². The van der Waals surface area contributed by atoms with Gasteiger partial charge in [0.15, 0.2) is 0 Å². The number of amides is 2. The van der Waals surface area contributed by atoms with Gasteiger partial charge >= 0.3 is 0 Å². The number of benzene rings is 1. The molecule has 7 nitrogen and oxygen atoms in total. The fourth-order valence-electron chi connectivity index (χ4n) is 3.52. The number of hydrogen-bond donors (Lipinski definition) is 1. The van der Waals surface area contributed by atoms with E-state index in [0.717, 1.165) is 5.56 Å². The predicted octanol–water partition coefficient (Wildman–Crippen LogP) is 2.59. The first kappa shape index (κ1) is 22.7. The van der Waals surface area contributed by atoms with E-state index in [1.165, 1.54) is 19.1 Å². The molecule has 0 bridgehead atoms. The van der Waals surface area contributed by atoms with Gasteiger partial charge < -0.3 is 19.6 Å². The first-order chi connectivity index (χ1) is 14.7. The van der Waals surface area contributed by atoms with E-state index in [-0.39, 0.29) is 41.6 Å². The molecule has 1 aliphatic rings. The number of pyridine rings is 1. The zero-order valence-electron chi connectivity index (χ0n) is 18.2. The molecule has 0 aliphatic carbocycles. The lowest BCUT2D eigenvalue weighted by Crippen LogP contribution is -2.50. The summed E-state index contributed by atoms with van der Waals surface area (Å²) in [7, 11) is 1.70. The molecule has 2 heterocycles. The van der Waals surface area contributed by atoms with Gasteiger partial charge in [-0.15, -0.1) is 0 Å². The number of ether oxygens (including phenoxy) is 1. The number of hydrogen-bond acceptors (Lipinski definition) is 5. The Morgan fingerprint density at radius 3 is 2.65 bits per heavy atom. The number of aromatic nitrogens is 1. The smallest absolute Gasteiger partial charge is 0.259 e. The van der Waals surface area contributed by atoms with Crippen molar-refractivity contribution in [2.75, 3.05) is 26.7 Å². The predicted molar refractivity (Wildman–Crippen MR) is 114 cm³/mol.